The summed E-state index contributed by atoms with van der Waals surface area (Å²) >= 11 is 0. The third-order valence-electron chi connectivity index (χ3n) is 7.47. The smallest absolute Gasteiger partial charge is 0.229 e. The highest BCUT2D eigenvalue weighted by Crippen LogP contribution is 2.49. The van der Waals surface area contributed by atoms with Gasteiger partial charge in [-0.2, -0.15) is 0 Å². The van der Waals surface area contributed by atoms with Crippen molar-refractivity contribution in [2.75, 3.05) is 34.0 Å². The molecule has 1 heterocycles. The van der Waals surface area contributed by atoms with Crippen LogP contribution in [0.3, 0.4) is 0 Å². The van der Waals surface area contributed by atoms with Crippen molar-refractivity contribution >= 4 is 0 Å². The molecule has 1 aliphatic carbocycles. The molecule has 0 amide bonds. The lowest BCUT2D eigenvalue weighted by Crippen LogP contribution is -2.60. The molecule has 3 unspecified atom stereocenters. The monoisotopic (exact) mass is 538 g/mol. The largest absolute Gasteiger partial charge is 0.504 e. The molecule has 12 nitrogen and oxygen atoms in total. The van der Waals surface area contributed by atoms with Gasteiger partial charge in [-0.05, 0) is 41.0 Å². The molecule has 1 fully saturated rings. The van der Waals surface area contributed by atoms with Crippen LogP contribution in [-0.4, -0.2) is 111 Å². The first-order valence-corrected chi connectivity index (χ1v) is 12.1. The molecule has 8 N–H and O–H groups in total. The van der Waals surface area contributed by atoms with Crippen molar-refractivity contribution in [3.05, 3.63) is 47.0 Å². The van der Waals surface area contributed by atoms with Gasteiger partial charge in [0.2, 0.25) is 6.29 Å². The van der Waals surface area contributed by atoms with Crippen molar-refractivity contribution in [1.82, 2.24) is 0 Å². The first-order chi connectivity index (χ1) is 18.1. The molecule has 0 saturated carbocycles. The molecular formula is C26H34O12. The Morgan fingerprint density at radius 2 is 1.61 bits per heavy atom. The molecule has 1 aliphatic heterocycles. The number of aliphatic hydroxyl groups is 7. The lowest BCUT2D eigenvalue weighted by atomic mass is 9.64. The second kappa shape index (κ2) is 11.2. The van der Waals surface area contributed by atoms with Crippen LogP contribution in [0.1, 0.15) is 22.6 Å². The minimum Gasteiger partial charge on any atom is -0.504 e. The zero-order valence-electron chi connectivity index (χ0n) is 21.0. The number of ether oxygens (including phenoxy) is 4. The molecule has 12 heteroatoms. The quantitative estimate of drug-likeness (QED) is 0.196. The van der Waals surface area contributed by atoms with E-state index in [0.29, 0.717) is 16.7 Å². The average molecular weight is 539 g/mol. The first-order valence-electron chi connectivity index (χ1n) is 12.1. The standard InChI is InChI=1S/C26H34O12/c1-35-17-5-12(3-4-16(17)30)21-14-7-19(37-25-24(33)23(32)22(31)20(10-28)38-25)18(36-2)6-13(14)8-26(34,11-29)15(21)9-27/h3-7,15,20-25,27-34H,8-11H2,1-2H3/t15?,20-,21?,22-,23+,24-,25-,26?/m1/s1. The van der Waals surface area contributed by atoms with Gasteiger partial charge in [0.25, 0.3) is 0 Å². The molecule has 210 valence electrons. The van der Waals surface area contributed by atoms with E-state index in [4.69, 9.17) is 18.9 Å². The van der Waals surface area contributed by atoms with Gasteiger partial charge in [-0.1, -0.05) is 6.07 Å². The number of methoxy groups -OCH3 is 2. The molecule has 0 spiro atoms. The van der Waals surface area contributed by atoms with Crippen molar-refractivity contribution in [3.8, 4) is 23.0 Å². The van der Waals surface area contributed by atoms with Crippen molar-refractivity contribution in [1.29, 1.82) is 0 Å². The van der Waals surface area contributed by atoms with E-state index in [-0.39, 0.29) is 29.4 Å². The summed E-state index contributed by atoms with van der Waals surface area (Å²) in [5, 5.41) is 82.1. The first kappa shape index (κ1) is 28.3. The van der Waals surface area contributed by atoms with E-state index in [2.05, 4.69) is 0 Å². The van der Waals surface area contributed by atoms with Crippen LogP contribution in [-0.2, 0) is 11.2 Å². The molecule has 2 aromatic carbocycles. The van der Waals surface area contributed by atoms with Crippen molar-refractivity contribution in [2.45, 2.75) is 48.6 Å². The van der Waals surface area contributed by atoms with E-state index >= 15 is 0 Å². The number of hydrogen-bond acceptors (Lipinski definition) is 12. The van der Waals surface area contributed by atoms with Gasteiger partial charge in [0.15, 0.2) is 23.0 Å². The maximum atomic E-state index is 11.3. The molecular weight excluding hydrogens is 504 g/mol. The Balaban J connectivity index is 1.83. The summed E-state index contributed by atoms with van der Waals surface area (Å²) < 4.78 is 22.1. The maximum Gasteiger partial charge on any atom is 0.229 e. The molecule has 38 heavy (non-hydrogen) atoms. The van der Waals surface area contributed by atoms with Crippen molar-refractivity contribution < 1.29 is 59.8 Å². The summed E-state index contributed by atoms with van der Waals surface area (Å²) in [4.78, 5) is 0. The third-order valence-corrected chi connectivity index (χ3v) is 7.47. The van der Waals surface area contributed by atoms with Crippen molar-refractivity contribution in [3.63, 3.8) is 0 Å². The van der Waals surface area contributed by atoms with E-state index < -0.39 is 68.0 Å². The number of hydrogen-bond donors (Lipinski definition) is 8. The minimum atomic E-state index is -1.69. The molecule has 4 rings (SSSR count). The van der Waals surface area contributed by atoms with Crippen LogP contribution in [0.25, 0.3) is 0 Å². The van der Waals surface area contributed by atoms with Crippen LogP contribution in [0.5, 0.6) is 23.0 Å². The second-order valence-corrected chi connectivity index (χ2v) is 9.65. The second-order valence-electron chi connectivity index (χ2n) is 9.65. The molecule has 0 aromatic heterocycles. The lowest BCUT2D eigenvalue weighted by molar-refractivity contribution is -0.277. The van der Waals surface area contributed by atoms with Gasteiger partial charge in [0.05, 0.1) is 33.0 Å². The van der Waals surface area contributed by atoms with Gasteiger partial charge in [-0.15, -0.1) is 0 Å². The number of aromatic hydroxyl groups is 1. The molecule has 0 radical (unpaired) electrons. The molecule has 2 aromatic rings. The van der Waals surface area contributed by atoms with E-state index in [1.807, 2.05) is 0 Å². The Hall–Kier alpha value is -2.68. The van der Waals surface area contributed by atoms with Gasteiger partial charge in [0, 0.05) is 24.9 Å². The van der Waals surface area contributed by atoms with Crippen LogP contribution in [0.2, 0.25) is 0 Å². The SMILES string of the molecule is COc1cc(C2c3cc(O[C@@H]4O[C@H](CO)[C@@H](O)[C@H](O)[C@H]4O)c(OC)cc3CC(O)(CO)C2CO)ccc1O. The van der Waals surface area contributed by atoms with Crippen LogP contribution in [0.15, 0.2) is 30.3 Å². The van der Waals surface area contributed by atoms with E-state index in [0.717, 1.165) is 0 Å². The predicted octanol–water partition coefficient (Wildman–Crippen LogP) is -1.39. The zero-order chi connectivity index (χ0) is 27.8. The van der Waals surface area contributed by atoms with Gasteiger partial charge >= 0.3 is 0 Å². The Kier molecular flexibility index (Phi) is 8.35. The number of fused-ring (bicyclic) bond motifs is 1. The third kappa shape index (κ3) is 4.90. The lowest BCUT2D eigenvalue weighted by Gasteiger charge is -2.45. The fourth-order valence-corrected chi connectivity index (χ4v) is 5.34. The van der Waals surface area contributed by atoms with Crippen LogP contribution >= 0.6 is 0 Å². The summed E-state index contributed by atoms with van der Waals surface area (Å²) in [6.45, 7) is -1.75. The average Bonchev–Trinajstić information content (AvgIpc) is 2.92. The number of phenols is 1. The molecule has 8 atom stereocenters. The highest BCUT2D eigenvalue weighted by molar-refractivity contribution is 5.55. The normalized spacial score (nSPS) is 32.9. The summed E-state index contributed by atoms with van der Waals surface area (Å²) in [7, 11) is 2.76. The molecule has 0 bridgehead atoms. The Morgan fingerprint density at radius 1 is 0.895 bits per heavy atom. The Labute approximate surface area is 218 Å². The fourth-order valence-electron chi connectivity index (χ4n) is 5.34. The highest BCUT2D eigenvalue weighted by Gasteiger charge is 2.48. The summed E-state index contributed by atoms with van der Waals surface area (Å²) in [6, 6.07) is 7.77. The Morgan fingerprint density at radius 3 is 2.21 bits per heavy atom. The summed E-state index contributed by atoms with van der Waals surface area (Å²) in [6.07, 6.45) is -7.54. The van der Waals surface area contributed by atoms with Crippen LogP contribution in [0, 0.1) is 5.92 Å². The number of benzene rings is 2. The highest BCUT2D eigenvalue weighted by atomic mass is 16.7. The number of rotatable bonds is 8. The van der Waals surface area contributed by atoms with Crippen LogP contribution in [0.4, 0.5) is 0 Å². The van der Waals surface area contributed by atoms with Gasteiger partial charge in [-0.3, -0.25) is 0 Å². The molecule has 1 saturated heterocycles. The maximum absolute atomic E-state index is 11.3. The van der Waals surface area contributed by atoms with Crippen molar-refractivity contribution in [2.24, 2.45) is 5.92 Å². The number of phenolic OH excluding ortho intramolecular Hbond substituents is 1. The fraction of sp³-hybridized carbons (Fsp3) is 0.538. The summed E-state index contributed by atoms with van der Waals surface area (Å²) in [5.74, 6) is -1.25. The van der Waals surface area contributed by atoms with E-state index in [1.54, 1.807) is 24.3 Å². The van der Waals surface area contributed by atoms with Gasteiger partial charge < -0.3 is 59.8 Å². The minimum absolute atomic E-state index is 0.0214. The zero-order valence-corrected chi connectivity index (χ0v) is 21.0. The molecule has 2 aliphatic rings. The van der Waals surface area contributed by atoms with E-state index in [9.17, 15) is 40.9 Å². The van der Waals surface area contributed by atoms with E-state index in [1.165, 1.54) is 20.3 Å². The number of aliphatic hydroxyl groups excluding tert-OH is 6. The summed E-state index contributed by atoms with van der Waals surface area (Å²) in [5.41, 5.74) is 0.0504. The Bertz CT molecular complexity index is 1120. The predicted molar refractivity (Wildman–Crippen MR) is 130 cm³/mol. The van der Waals surface area contributed by atoms with Crippen LogP contribution < -0.4 is 14.2 Å². The van der Waals surface area contributed by atoms with Gasteiger partial charge in [-0.25, -0.2) is 0 Å². The van der Waals surface area contributed by atoms with Gasteiger partial charge in [0.1, 0.15) is 24.4 Å². The topological polar surface area (TPSA) is 199 Å².